The highest BCUT2D eigenvalue weighted by atomic mass is 16.3. The summed E-state index contributed by atoms with van der Waals surface area (Å²) in [5, 5.41) is 17.8. The molecule has 0 bridgehead atoms. The van der Waals surface area contributed by atoms with Crippen LogP contribution >= 0.6 is 0 Å². The molecule has 0 unspecified atom stereocenters. The van der Waals surface area contributed by atoms with E-state index in [0.29, 0.717) is 18.7 Å². The summed E-state index contributed by atoms with van der Waals surface area (Å²) in [4.78, 5) is 17.1. The van der Waals surface area contributed by atoms with Crippen molar-refractivity contribution in [1.82, 2.24) is 20.1 Å². The normalized spacial score (nSPS) is 12.2. The van der Waals surface area contributed by atoms with E-state index < -0.39 is 6.04 Å². The van der Waals surface area contributed by atoms with Crippen LogP contribution in [0.5, 0.6) is 0 Å². The molecule has 0 saturated carbocycles. The van der Waals surface area contributed by atoms with Gasteiger partial charge in [0.2, 0.25) is 0 Å². The van der Waals surface area contributed by atoms with Crippen LogP contribution in [0.25, 0.3) is 22.0 Å². The van der Waals surface area contributed by atoms with Gasteiger partial charge in [-0.3, -0.25) is 9.48 Å². The lowest BCUT2D eigenvalue weighted by Crippen LogP contribution is -2.30. The van der Waals surface area contributed by atoms with Gasteiger partial charge in [-0.2, -0.15) is 5.10 Å². The van der Waals surface area contributed by atoms with Crippen molar-refractivity contribution in [3.8, 4) is 11.1 Å². The topological polar surface area (TPSA) is 82.9 Å². The molecule has 2 aromatic heterocycles. The van der Waals surface area contributed by atoms with Crippen molar-refractivity contribution < 1.29 is 9.90 Å². The second-order valence-electron chi connectivity index (χ2n) is 9.08. The fourth-order valence-corrected chi connectivity index (χ4v) is 4.53. The van der Waals surface area contributed by atoms with E-state index in [-0.39, 0.29) is 12.4 Å². The monoisotopic (exact) mass is 478 g/mol. The van der Waals surface area contributed by atoms with E-state index in [1.54, 1.807) is 10.9 Å². The number of rotatable bonds is 10. The maximum Gasteiger partial charge on any atom is 0.186 e. The minimum Gasteiger partial charge on any atom is -0.394 e. The van der Waals surface area contributed by atoms with Gasteiger partial charge in [-0.05, 0) is 36.1 Å². The number of aromatic amines is 1. The van der Waals surface area contributed by atoms with Gasteiger partial charge < -0.3 is 15.4 Å². The number of carbonyl (C=O) groups is 1. The van der Waals surface area contributed by atoms with Gasteiger partial charge in [0.15, 0.2) is 5.78 Å². The zero-order valence-corrected chi connectivity index (χ0v) is 20.3. The number of nitrogens with zero attached hydrogens (tertiary/aromatic N) is 2. The van der Waals surface area contributed by atoms with Crippen LogP contribution in [-0.2, 0) is 13.0 Å². The molecule has 5 rings (SSSR count). The maximum atomic E-state index is 13.8. The van der Waals surface area contributed by atoms with Gasteiger partial charge in [-0.15, -0.1) is 0 Å². The fourth-order valence-electron chi connectivity index (χ4n) is 4.53. The quantitative estimate of drug-likeness (QED) is 0.244. The Labute approximate surface area is 210 Å². The average Bonchev–Trinajstić information content (AvgIpc) is 3.55. The Bertz CT molecular complexity index is 1450. The van der Waals surface area contributed by atoms with Gasteiger partial charge in [0, 0.05) is 41.0 Å². The molecule has 0 aliphatic rings. The molecule has 0 aliphatic carbocycles. The molecular weight excluding hydrogens is 448 g/mol. The Morgan fingerprint density at radius 2 is 1.86 bits per heavy atom. The van der Waals surface area contributed by atoms with Crippen molar-refractivity contribution >= 4 is 16.7 Å². The molecule has 182 valence electrons. The van der Waals surface area contributed by atoms with Crippen molar-refractivity contribution in [2.75, 3.05) is 13.2 Å². The van der Waals surface area contributed by atoms with Crippen LogP contribution in [0, 0.1) is 6.92 Å². The Morgan fingerprint density at radius 1 is 1.06 bits per heavy atom. The number of aliphatic hydroxyl groups excluding tert-OH is 1. The SMILES string of the molecule is Cc1ccc(CCN[C@H](C(=O)c2c[nH]c3cc(-c4cnn(CCO)c4)ccc23)c2ccccc2)cc1. The molecular formula is C30H30N4O2. The summed E-state index contributed by atoms with van der Waals surface area (Å²) >= 11 is 0. The standard InChI is InChI=1S/C30H30N4O2/c1-21-7-9-22(10-8-21)13-14-31-29(23-5-3-2-4-6-23)30(36)27-19-32-28-17-24(11-12-26(27)28)25-18-33-34(20-25)15-16-35/h2-12,17-20,29,31-32,35H,13-16H2,1H3/t29-/m0/s1. The Balaban J connectivity index is 1.38. The average molecular weight is 479 g/mol. The van der Waals surface area contributed by atoms with Gasteiger partial charge >= 0.3 is 0 Å². The molecule has 6 heteroatoms. The van der Waals surface area contributed by atoms with Crippen LogP contribution in [0.3, 0.4) is 0 Å². The number of hydrogen-bond donors (Lipinski definition) is 3. The molecule has 6 nitrogen and oxygen atoms in total. The summed E-state index contributed by atoms with van der Waals surface area (Å²) in [5.74, 6) is 0.0415. The first-order chi connectivity index (χ1) is 17.6. The molecule has 3 aromatic carbocycles. The lowest BCUT2D eigenvalue weighted by atomic mass is 9.96. The van der Waals surface area contributed by atoms with E-state index in [0.717, 1.165) is 34.0 Å². The first-order valence-corrected chi connectivity index (χ1v) is 12.3. The Morgan fingerprint density at radius 3 is 2.64 bits per heavy atom. The van der Waals surface area contributed by atoms with Crippen LogP contribution in [0.2, 0.25) is 0 Å². The summed E-state index contributed by atoms with van der Waals surface area (Å²) in [6, 6.07) is 24.0. The number of aliphatic hydroxyl groups is 1. The molecule has 0 spiro atoms. The summed E-state index contributed by atoms with van der Waals surface area (Å²) < 4.78 is 1.72. The molecule has 36 heavy (non-hydrogen) atoms. The largest absolute Gasteiger partial charge is 0.394 e. The first-order valence-electron chi connectivity index (χ1n) is 12.3. The van der Waals surface area contributed by atoms with Crippen molar-refractivity contribution in [2.45, 2.75) is 25.9 Å². The Kier molecular flexibility index (Phi) is 7.07. The van der Waals surface area contributed by atoms with Crippen LogP contribution in [-0.4, -0.2) is 38.8 Å². The Hall–Kier alpha value is -4.00. The second kappa shape index (κ2) is 10.7. The van der Waals surface area contributed by atoms with E-state index in [4.69, 9.17) is 5.11 Å². The van der Waals surface area contributed by atoms with E-state index in [1.807, 2.05) is 60.9 Å². The van der Waals surface area contributed by atoms with E-state index in [9.17, 15) is 4.79 Å². The lowest BCUT2D eigenvalue weighted by molar-refractivity contribution is 0.0945. The van der Waals surface area contributed by atoms with Gasteiger partial charge in [0.05, 0.1) is 25.4 Å². The van der Waals surface area contributed by atoms with Gasteiger partial charge in [-0.1, -0.05) is 72.3 Å². The minimum absolute atomic E-state index is 0.0415. The van der Waals surface area contributed by atoms with Crippen LogP contribution < -0.4 is 5.32 Å². The third-order valence-electron chi connectivity index (χ3n) is 6.52. The summed E-state index contributed by atoms with van der Waals surface area (Å²) in [6.07, 6.45) is 6.35. The number of ketones is 1. The third kappa shape index (κ3) is 5.15. The van der Waals surface area contributed by atoms with E-state index >= 15 is 0 Å². The molecule has 1 atom stereocenters. The molecule has 0 aliphatic heterocycles. The molecule has 0 saturated heterocycles. The molecule has 3 N–H and O–H groups in total. The highest BCUT2D eigenvalue weighted by Crippen LogP contribution is 2.29. The molecule has 0 fully saturated rings. The number of aromatic nitrogens is 3. The third-order valence-corrected chi connectivity index (χ3v) is 6.52. The highest BCUT2D eigenvalue weighted by molar-refractivity contribution is 6.11. The van der Waals surface area contributed by atoms with Crippen molar-refractivity contribution in [3.63, 3.8) is 0 Å². The van der Waals surface area contributed by atoms with E-state index in [2.05, 4.69) is 46.6 Å². The van der Waals surface area contributed by atoms with Gasteiger partial charge in [0.25, 0.3) is 0 Å². The van der Waals surface area contributed by atoms with Crippen LogP contribution in [0.1, 0.15) is 33.1 Å². The first kappa shape index (κ1) is 23.7. The highest BCUT2D eigenvalue weighted by Gasteiger charge is 2.24. The number of fused-ring (bicyclic) bond motifs is 1. The van der Waals surface area contributed by atoms with Gasteiger partial charge in [0.1, 0.15) is 0 Å². The molecule has 2 heterocycles. The number of hydrogen-bond acceptors (Lipinski definition) is 4. The number of carbonyl (C=O) groups excluding carboxylic acids is 1. The number of nitrogens with one attached hydrogen (secondary N) is 2. The summed E-state index contributed by atoms with van der Waals surface area (Å²) in [7, 11) is 0. The van der Waals surface area contributed by atoms with Crippen LogP contribution in [0.4, 0.5) is 0 Å². The maximum absolute atomic E-state index is 13.8. The smallest absolute Gasteiger partial charge is 0.186 e. The number of Topliss-reactive ketones (excluding diaryl/α,β-unsaturated/α-hetero) is 1. The minimum atomic E-state index is -0.438. The van der Waals surface area contributed by atoms with Crippen LogP contribution in [0.15, 0.2) is 91.4 Å². The summed E-state index contributed by atoms with van der Waals surface area (Å²) in [6.45, 7) is 3.28. The zero-order chi connectivity index (χ0) is 24.9. The van der Waals surface area contributed by atoms with Crippen molar-refractivity contribution in [3.05, 3.63) is 114 Å². The van der Waals surface area contributed by atoms with E-state index in [1.165, 1.54) is 11.1 Å². The summed E-state index contributed by atoms with van der Waals surface area (Å²) in [5.41, 5.74) is 6.98. The number of H-pyrrole nitrogens is 1. The lowest BCUT2D eigenvalue weighted by Gasteiger charge is -2.18. The fraction of sp³-hybridized carbons (Fsp3) is 0.200. The van der Waals surface area contributed by atoms with Crippen molar-refractivity contribution in [1.29, 1.82) is 0 Å². The molecule has 0 amide bonds. The number of benzene rings is 3. The molecule has 0 radical (unpaired) electrons. The predicted octanol–water partition coefficient (Wildman–Crippen LogP) is 5.09. The van der Waals surface area contributed by atoms with Crippen molar-refractivity contribution in [2.24, 2.45) is 0 Å². The number of aryl methyl sites for hydroxylation is 1. The second-order valence-corrected chi connectivity index (χ2v) is 9.08. The molecule has 5 aromatic rings. The predicted molar refractivity (Wildman–Crippen MR) is 143 cm³/mol. The zero-order valence-electron chi connectivity index (χ0n) is 20.3. The van der Waals surface area contributed by atoms with Gasteiger partial charge in [-0.25, -0.2) is 0 Å².